The summed E-state index contributed by atoms with van der Waals surface area (Å²) in [7, 11) is 0. The van der Waals surface area contributed by atoms with Crippen LogP contribution in [0.3, 0.4) is 0 Å². The fraction of sp³-hybridized carbons (Fsp3) is 0.333. The molecule has 0 fully saturated rings. The van der Waals surface area contributed by atoms with Crippen molar-refractivity contribution >= 4 is 39.2 Å². The Labute approximate surface area is 76.6 Å². The molecule has 0 aromatic heterocycles. The van der Waals surface area contributed by atoms with Gasteiger partial charge in [-0.05, 0) is 25.1 Å². The topological polar surface area (TPSA) is 0 Å². The van der Waals surface area contributed by atoms with E-state index in [0.29, 0.717) is 5.57 Å². The quantitative estimate of drug-likeness (QED) is 0.375. The molecule has 1 radical (unpaired) electrons. The maximum absolute atomic E-state index is 5.60. The SMILES string of the molecule is [CH]=C(C)/C(C)=C/[Si](Cl)(Cl)Cl. The number of rotatable bonds is 2. The lowest BCUT2D eigenvalue weighted by atomic mass is 10.2. The van der Waals surface area contributed by atoms with E-state index in [0.717, 1.165) is 5.57 Å². The van der Waals surface area contributed by atoms with Gasteiger partial charge in [0.05, 0.1) is 0 Å². The van der Waals surface area contributed by atoms with Crippen LogP contribution in [0.1, 0.15) is 13.8 Å². The van der Waals surface area contributed by atoms with Gasteiger partial charge >= 0.3 is 6.00 Å². The average molecular weight is 215 g/mol. The van der Waals surface area contributed by atoms with Crippen molar-refractivity contribution in [1.82, 2.24) is 0 Å². The Balaban J connectivity index is 4.32. The van der Waals surface area contributed by atoms with Gasteiger partial charge < -0.3 is 0 Å². The van der Waals surface area contributed by atoms with Crippen molar-refractivity contribution in [2.24, 2.45) is 0 Å². The number of hydrogen-bond donors (Lipinski definition) is 0. The molecular weight excluding hydrogens is 207 g/mol. The molecule has 0 N–H and O–H groups in total. The van der Waals surface area contributed by atoms with E-state index in [1.165, 1.54) is 0 Å². The first-order chi connectivity index (χ1) is 4.33. The van der Waals surface area contributed by atoms with Crippen LogP contribution in [-0.4, -0.2) is 6.00 Å². The molecular formula is C6H8Cl3Si. The molecule has 0 aliphatic rings. The highest BCUT2D eigenvalue weighted by atomic mass is 35.8. The van der Waals surface area contributed by atoms with Gasteiger partial charge in [0.15, 0.2) is 0 Å². The van der Waals surface area contributed by atoms with Crippen LogP contribution < -0.4 is 0 Å². The first-order valence-corrected chi connectivity index (χ1v) is 7.80. The normalized spacial score (nSPS) is 13.5. The van der Waals surface area contributed by atoms with Crippen LogP contribution in [0.4, 0.5) is 0 Å². The van der Waals surface area contributed by atoms with E-state index in [4.69, 9.17) is 39.8 Å². The minimum absolute atomic E-state index is 0.693. The molecule has 0 heterocycles. The molecule has 4 heteroatoms. The van der Waals surface area contributed by atoms with Crippen LogP contribution >= 0.6 is 33.2 Å². The van der Waals surface area contributed by atoms with Gasteiger partial charge in [0.25, 0.3) is 0 Å². The molecule has 0 unspecified atom stereocenters. The molecule has 0 saturated heterocycles. The summed E-state index contributed by atoms with van der Waals surface area (Å²) >= 11 is 16.8. The smallest absolute Gasteiger partial charge is 0.121 e. The van der Waals surface area contributed by atoms with E-state index >= 15 is 0 Å². The second kappa shape index (κ2) is 3.81. The van der Waals surface area contributed by atoms with Crippen LogP contribution in [0.5, 0.6) is 0 Å². The summed E-state index contributed by atoms with van der Waals surface area (Å²) in [5.41, 5.74) is 3.16. The molecule has 0 aliphatic heterocycles. The Morgan fingerprint density at radius 3 is 1.80 bits per heavy atom. The van der Waals surface area contributed by atoms with Gasteiger partial charge in [0.1, 0.15) is 0 Å². The molecule has 0 saturated carbocycles. The van der Waals surface area contributed by atoms with E-state index in [9.17, 15) is 0 Å². The minimum Gasteiger partial charge on any atom is -0.121 e. The van der Waals surface area contributed by atoms with Gasteiger partial charge in [-0.25, -0.2) is 0 Å². The van der Waals surface area contributed by atoms with E-state index < -0.39 is 6.00 Å². The number of halogens is 3. The highest BCUT2D eigenvalue weighted by Gasteiger charge is 2.21. The fourth-order valence-corrected chi connectivity index (χ4v) is 2.55. The Hall–Kier alpha value is 0.567. The molecule has 0 atom stereocenters. The van der Waals surface area contributed by atoms with Crippen LogP contribution in [0.2, 0.25) is 0 Å². The summed E-state index contributed by atoms with van der Waals surface area (Å²) in [5.74, 6) is 0. The summed E-state index contributed by atoms with van der Waals surface area (Å²) < 4.78 is 0. The summed E-state index contributed by atoms with van der Waals surface area (Å²) in [6.07, 6.45) is 0. The first kappa shape index (κ1) is 10.6. The molecule has 57 valence electrons. The Kier molecular flexibility index (Phi) is 4.03. The molecule has 0 spiro atoms. The van der Waals surface area contributed by atoms with Crippen LogP contribution in [0.15, 0.2) is 16.8 Å². The van der Waals surface area contributed by atoms with Crippen molar-refractivity contribution < 1.29 is 0 Å². The van der Waals surface area contributed by atoms with Crippen molar-refractivity contribution in [3.63, 3.8) is 0 Å². The second-order valence-electron chi connectivity index (χ2n) is 2.05. The lowest BCUT2D eigenvalue weighted by molar-refractivity contribution is 1.37. The van der Waals surface area contributed by atoms with Gasteiger partial charge in [-0.3, -0.25) is 0 Å². The molecule has 0 aromatic carbocycles. The van der Waals surface area contributed by atoms with Gasteiger partial charge in [-0.1, -0.05) is 12.2 Å². The summed E-state index contributed by atoms with van der Waals surface area (Å²) in [6, 6.07) is -2.63. The molecule has 0 amide bonds. The lowest BCUT2D eigenvalue weighted by Gasteiger charge is -2.03. The summed E-state index contributed by atoms with van der Waals surface area (Å²) in [5, 5.41) is 0. The molecule has 0 nitrogen and oxygen atoms in total. The van der Waals surface area contributed by atoms with E-state index in [1.54, 1.807) is 12.6 Å². The predicted molar refractivity (Wildman–Crippen MR) is 50.6 cm³/mol. The first-order valence-electron chi connectivity index (χ1n) is 2.68. The van der Waals surface area contributed by atoms with Crippen molar-refractivity contribution in [1.29, 1.82) is 0 Å². The highest BCUT2D eigenvalue weighted by molar-refractivity contribution is 7.66. The maximum Gasteiger partial charge on any atom is 0.365 e. The van der Waals surface area contributed by atoms with Gasteiger partial charge in [0.2, 0.25) is 0 Å². The molecule has 0 rings (SSSR count). The number of hydrogen-bond acceptors (Lipinski definition) is 0. The fourth-order valence-electron chi connectivity index (χ4n) is 0.359. The van der Waals surface area contributed by atoms with Gasteiger partial charge in [0, 0.05) is 0 Å². The van der Waals surface area contributed by atoms with Crippen LogP contribution in [0, 0.1) is 6.58 Å². The van der Waals surface area contributed by atoms with Crippen molar-refractivity contribution in [2.45, 2.75) is 13.8 Å². The largest absolute Gasteiger partial charge is 0.365 e. The second-order valence-corrected chi connectivity index (χ2v) is 10.5. The Morgan fingerprint density at radius 1 is 1.30 bits per heavy atom. The van der Waals surface area contributed by atoms with E-state index in [2.05, 4.69) is 0 Å². The van der Waals surface area contributed by atoms with Crippen molar-refractivity contribution in [3.8, 4) is 0 Å². The summed E-state index contributed by atoms with van der Waals surface area (Å²) in [6.45, 7) is 9.04. The monoisotopic (exact) mass is 213 g/mol. The van der Waals surface area contributed by atoms with Crippen LogP contribution in [0.25, 0.3) is 0 Å². The predicted octanol–water partition coefficient (Wildman–Crippen LogP) is 3.51. The highest BCUT2D eigenvalue weighted by Crippen LogP contribution is 2.24. The van der Waals surface area contributed by atoms with E-state index in [1.807, 2.05) is 6.92 Å². The zero-order valence-electron chi connectivity index (χ0n) is 5.79. The Morgan fingerprint density at radius 2 is 1.70 bits per heavy atom. The molecule has 0 aliphatic carbocycles. The third-order valence-corrected chi connectivity index (χ3v) is 2.74. The van der Waals surface area contributed by atoms with Crippen molar-refractivity contribution in [2.75, 3.05) is 0 Å². The average Bonchev–Trinajstić information content (AvgIpc) is 1.60. The maximum atomic E-state index is 5.60. The van der Waals surface area contributed by atoms with Gasteiger partial charge in [-0.15, -0.1) is 33.2 Å². The van der Waals surface area contributed by atoms with Crippen molar-refractivity contribution in [3.05, 3.63) is 23.4 Å². The van der Waals surface area contributed by atoms with Crippen LogP contribution in [-0.2, 0) is 0 Å². The molecule has 10 heavy (non-hydrogen) atoms. The zero-order valence-corrected chi connectivity index (χ0v) is 9.06. The third kappa shape index (κ3) is 5.36. The minimum atomic E-state index is -2.63. The van der Waals surface area contributed by atoms with Gasteiger partial charge in [-0.2, -0.15) is 0 Å². The van der Waals surface area contributed by atoms with E-state index in [-0.39, 0.29) is 0 Å². The molecule has 0 bridgehead atoms. The molecule has 0 aromatic rings. The lowest BCUT2D eigenvalue weighted by Crippen LogP contribution is -2.05. The zero-order chi connectivity index (χ0) is 8.36. The standard InChI is InChI=1S/C6H8Cl3Si/c1-5(2)6(3)4-10(7,8)9/h1,4H,2-3H3/b5-1?,6-4+. The third-order valence-electron chi connectivity index (χ3n) is 1.00. The summed E-state index contributed by atoms with van der Waals surface area (Å²) in [4.78, 5) is 0. The number of allylic oxidation sites excluding steroid dienone is 2. The Bertz CT molecular complexity index is 166.